The lowest BCUT2D eigenvalue weighted by atomic mass is 10.1. The lowest BCUT2D eigenvalue weighted by Gasteiger charge is -2.16. The number of nitrogens with one attached hydrogen (secondary N) is 1. The van der Waals surface area contributed by atoms with Gasteiger partial charge in [-0.25, -0.2) is 0 Å². The number of nitrogens with two attached hydrogens (primary N) is 1. The van der Waals surface area contributed by atoms with E-state index in [9.17, 15) is 4.79 Å². The van der Waals surface area contributed by atoms with Crippen LogP contribution in [0.25, 0.3) is 0 Å². The van der Waals surface area contributed by atoms with E-state index in [1.165, 1.54) is 0 Å². The van der Waals surface area contributed by atoms with Gasteiger partial charge in [-0.1, -0.05) is 24.4 Å². The summed E-state index contributed by atoms with van der Waals surface area (Å²) in [6.07, 6.45) is 0.933. The Balaban J connectivity index is 2.02. The van der Waals surface area contributed by atoms with E-state index in [0.29, 0.717) is 17.2 Å². The van der Waals surface area contributed by atoms with E-state index in [4.69, 9.17) is 22.7 Å². The average Bonchev–Trinajstić information content (AvgIpc) is 2.75. The van der Waals surface area contributed by atoms with Gasteiger partial charge in [-0.05, 0) is 25.5 Å². The average molecular weight is 264 g/mol. The number of carbonyl (C=O) groups excluding carboxylic acids is 1. The van der Waals surface area contributed by atoms with E-state index in [1.807, 2.05) is 6.92 Å². The fraction of sp³-hybridized carbons (Fsp3) is 0.385. The van der Waals surface area contributed by atoms with Crippen molar-refractivity contribution in [3.8, 4) is 0 Å². The zero-order chi connectivity index (χ0) is 13.1. The van der Waals surface area contributed by atoms with Crippen LogP contribution >= 0.6 is 12.2 Å². The van der Waals surface area contributed by atoms with Gasteiger partial charge in [0.1, 0.15) is 4.99 Å². The maximum Gasteiger partial charge on any atom is 0.251 e. The Morgan fingerprint density at radius 2 is 2.00 bits per heavy atom. The van der Waals surface area contributed by atoms with Crippen LogP contribution in [0.1, 0.15) is 29.3 Å². The predicted octanol–water partition coefficient (Wildman–Crippen LogP) is 1.23. The quantitative estimate of drug-likeness (QED) is 0.806. The second-order valence-electron chi connectivity index (χ2n) is 4.39. The number of benzene rings is 1. The Morgan fingerprint density at radius 1 is 1.39 bits per heavy atom. The highest BCUT2D eigenvalue weighted by Gasteiger charge is 2.25. The molecule has 0 saturated carbocycles. The number of ether oxygens (including phenoxy) is 1. The largest absolute Gasteiger partial charge is 0.389 e. The number of thiocarbonyl (C=S) groups is 1. The summed E-state index contributed by atoms with van der Waals surface area (Å²) in [5, 5.41) is 2.97. The van der Waals surface area contributed by atoms with Crippen molar-refractivity contribution in [2.24, 2.45) is 5.73 Å². The molecule has 1 fully saturated rings. The lowest BCUT2D eigenvalue weighted by molar-refractivity contribution is 0.0866. The van der Waals surface area contributed by atoms with Crippen LogP contribution in [0.4, 0.5) is 0 Å². The molecule has 1 saturated heterocycles. The zero-order valence-electron chi connectivity index (χ0n) is 10.2. The minimum atomic E-state index is -0.0909. The van der Waals surface area contributed by atoms with Gasteiger partial charge in [0.15, 0.2) is 0 Å². The van der Waals surface area contributed by atoms with Gasteiger partial charge in [0.05, 0.1) is 12.1 Å². The molecule has 4 nitrogen and oxygen atoms in total. The number of hydrogen-bond acceptors (Lipinski definition) is 3. The first kappa shape index (κ1) is 13.0. The second-order valence-corrected chi connectivity index (χ2v) is 4.83. The molecule has 18 heavy (non-hydrogen) atoms. The van der Waals surface area contributed by atoms with E-state index < -0.39 is 0 Å². The number of carbonyl (C=O) groups is 1. The summed E-state index contributed by atoms with van der Waals surface area (Å²) in [6, 6.07) is 7.06. The third-order valence-corrected chi connectivity index (χ3v) is 3.36. The monoisotopic (exact) mass is 264 g/mol. The number of hydrogen-bond donors (Lipinski definition) is 2. The first-order valence-corrected chi connectivity index (χ1v) is 6.31. The first-order chi connectivity index (χ1) is 8.58. The van der Waals surface area contributed by atoms with Crippen molar-refractivity contribution >= 4 is 23.1 Å². The maximum absolute atomic E-state index is 12.0. The van der Waals surface area contributed by atoms with Crippen LogP contribution < -0.4 is 11.1 Å². The highest BCUT2D eigenvalue weighted by atomic mass is 32.1. The van der Waals surface area contributed by atoms with Crippen LogP contribution in [0.3, 0.4) is 0 Å². The summed E-state index contributed by atoms with van der Waals surface area (Å²) >= 11 is 4.86. The molecule has 2 rings (SSSR count). The smallest absolute Gasteiger partial charge is 0.251 e. The molecule has 0 radical (unpaired) electrons. The molecular formula is C13H16N2O2S. The van der Waals surface area contributed by atoms with Crippen LogP contribution in [-0.2, 0) is 4.74 Å². The molecule has 1 aliphatic heterocycles. The van der Waals surface area contributed by atoms with E-state index in [2.05, 4.69) is 5.32 Å². The summed E-state index contributed by atoms with van der Waals surface area (Å²) in [6.45, 7) is 2.67. The van der Waals surface area contributed by atoms with Crippen LogP contribution in [0.15, 0.2) is 24.3 Å². The minimum Gasteiger partial charge on any atom is -0.389 e. The fourth-order valence-corrected chi connectivity index (χ4v) is 2.09. The van der Waals surface area contributed by atoms with Crippen LogP contribution in [0.5, 0.6) is 0 Å². The molecule has 1 aliphatic rings. The molecule has 0 aromatic heterocycles. The highest BCUT2D eigenvalue weighted by molar-refractivity contribution is 7.80. The summed E-state index contributed by atoms with van der Waals surface area (Å²) in [5.41, 5.74) is 6.87. The Morgan fingerprint density at radius 3 is 2.50 bits per heavy atom. The molecule has 0 aliphatic carbocycles. The Kier molecular flexibility index (Phi) is 3.93. The molecule has 1 aromatic rings. The third kappa shape index (κ3) is 2.86. The summed E-state index contributed by atoms with van der Waals surface area (Å²) in [5.74, 6) is -0.0909. The molecule has 2 atom stereocenters. The van der Waals surface area contributed by atoms with Crippen molar-refractivity contribution in [1.29, 1.82) is 0 Å². The molecule has 0 spiro atoms. The van der Waals surface area contributed by atoms with Gasteiger partial charge in [-0.2, -0.15) is 0 Å². The van der Waals surface area contributed by atoms with Gasteiger partial charge in [-0.15, -0.1) is 0 Å². The van der Waals surface area contributed by atoms with Crippen LogP contribution in [-0.4, -0.2) is 29.6 Å². The zero-order valence-corrected chi connectivity index (χ0v) is 11.0. The molecule has 0 bridgehead atoms. The lowest BCUT2D eigenvalue weighted by Crippen LogP contribution is -2.39. The van der Waals surface area contributed by atoms with Crippen molar-refractivity contribution < 1.29 is 9.53 Å². The van der Waals surface area contributed by atoms with Crippen LogP contribution in [0.2, 0.25) is 0 Å². The molecule has 1 heterocycles. The number of amides is 1. The molecule has 3 N–H and O–H groups in total. The summed E-state index contributed by atoms with van der Waals surface area (Å²) in [7, 11) is 0. The first-order valence-electron chi connectivity index (χ1n) is 5.90. The Labute approximate surface area is 112 Å². The molecular weight excluding hydrogens is 248 g/mol. The van der Waals surface area contributed by atoms with Gasteiger partial charge in [0.2, 0.25) is 0 Å². The van der Waals surface area contributed by atoms with E-state index in [-0.39, 0.29) is 18.1 Å². The summed E-state index contributed by atoms with van der Waals surface area (Å²) < 4.78 is 5.40. The molecule has 1 amide bonds. The van der Waals surface area contributed by atoms with Gasteiger partial charge < -0.3 is 15.8 Å². The van der Waals surface area contributed by atoms with Gasteiger partial charge in [0, 0.05) is 17.7 Å². The molecule has 96 valence electrons. The summed E-state index contributed by atoms with van der Waals surface area (Å²) in [4.78, 5) is 12.3. The molecule has 5 heteroatoms. The van der Waals surface area contributed by atoms with E-state index >= 15 is 0 Å². The fourth-order valence-electron chi connectivity index (χ4n) is 1.96. The van der Waals surface area contributed by atoms with Gasteiger partial charge in [0.25, 0.3) is 5.91 Å². The molecule has 1 aromatic carbocycles. The normalized spacial score (nSPS) is 22.7. The minimum absolute atomic E-state index is 0.0739. The van der Waals surface area contributed by atoms with E-state index in [0.717, 1.165) is 12.0 Å². The van der Waals surface area contributed by atoms with Gasteiger partial charge >= 0.3 is 0 Å². The topological polar surface area (TPSA) is 64.3 Å². The van der Waals surface area contributed by atoms with Crippen molar-refractivity contribution in [2.75, 3.05) is 6.61 Å². The Bertz CT molecular complexity index is 459. The number of rotatable bonds is 3. The predicted molar refractivity (Wildman–Crippen MR) is 73.6 cm³/mol. The Hall–Kier alpha value is -1.46. The van der Waals surface area contributed by atoms with Gasteiger partial charge in [-0.3, -0.25) is 4.79 Å². The molecule has 2 unspecified atom stereocenters. The van der Waals surface area contributed by atoms with Crippen molar-refractivity contribution in [3.05, 3.63) is 35.4 Å². The van der Waals surface area contributed by atoms with Crippen molar-refractivity contribution in [2.45, 2.75) is 25.5 Å². The van der Waals surface area contributed by atoms with E-state index in [1.54, 1.807) is 24.3 Å². The van der Waals surface area contributed by atoms with Crippen LogP contribution in [0, 0.1) is 0 Å². The van der Waals surface area contributed by atoms with Crippen molar-refractivity contribution in [3.63, 3.8) is 0 Å². The standard InChI is InChI=1S/C13H16N2O2S/c1-8-11(6-7-17-8)15-13(16)10-4-2-9(3-5-10)12(14)18/h2-5,8,11H,6-7H2,1H3,(H2,14,18)(H,15,16). The SMILES string of the molecule is CC1OCCC1NC(=O)c1ccc(C(N)=S)cc1. The maximum atomic E-state index is 12.0. The van der Waals surface area contributed by atoms with Crippen molar-refractivity contribution in [1.82, 2.24) is 5.32 Å². The third-order valence-electron chi connectivity index (χ3n) is 3.12. The highest BCUT2D eigenvalue weighted by Crippen LogP contribution is 2.13. The second kappa shape index (κ2) is 5.46.